The first-order valence-electron chi connectivity index (χ1n) is 6.52. The van der Waals surface area contributed by atoms with E-state index in [9.17, 15) is 10.2 Å². The van der Waals surface area contributed by atoms with Crippen molar-refractivity contribution in [2.75, 3.05) is 13.2 Å². The van der Waals surface area contributed by atoms with Crippen LogP contribution in [0, 0.1) is 0 Å². The van der Waals surface area contributed by atoms with Crippen molar-refractivity contribution in [2.45, 2.75) is 11.8 Å². The smallest absolute Gasteiger partial charge is 0.131 e. The molecule has 0 saturated carbocycles. The number of rotatable bonds is 2. The molecule has 20 heavy (non-hydrogen) atoms. The van der Waals surface area contributed by atoms with Crippen molar-refractivity contribution in [1.29, 1.82) is 0 Å². The zero-order chi connectivity index (χ0) is 14.1. The van der Waals surface area contributed by atoms with E-state index in [-0.39, 0.29) is 25.0 Å². The van der Waals surface area contributed by atoms with Gasteiger partial charge in [0.1, 0.15) is 11.5 Å². The molecule has 0 spiro atoms. The van der Waals surface area contributed by atoms with Gasteiger partial charge in [0.25, 0.3) is 0 Å². The Labute approximate surface area is 122 Å². The predicted octanol–water partition coefficient (Wildman–Crippen LogP) is 3.30. The first-order chi connectivity index (χ1) is 9.74. The van der Waals surface area contributed by atoms with Crippen molar-refractivity contribution in [1.82, 2.24) is 0 Å². The van der Waals surface area contributed by atoms with Crippen LogP contribution in [0.25, 0.3) is 0 Å². The SMILES string of the molecule is OC[C@@H]1c2ccccc2Oc2ccc(Cl)cc2[C@H]1CO. The maximum Gasteiger partial charge on any atom is 0.131 e. The van der Waals surface area contributed by atoms with Gasteiger partial charge in [0, 0.05) is 28.0 Å². The molecule has 2 aromatic carbocycles. The summed E-state index contributed by atoms with van der Waals surface area (Å²) in [7, 11) is 0. The highest BCUT2D eigenvalue weighted by Gasteiger charge is 2.31. The number of para-hydroxylation sites is 1. The van der Waals surface area contributed by atoms with E-state index in [1.807, 2.05) is 24.3 Å². The number of halogens is 1. The van der Waals surface area contributed by atoms with Crippen molar-refractivity contribution < 1.29 is 14.9 Å². The summed E-state index contributed by atoms with van der Waals surface area (Å²) in [6.07, 6.45) is 0. The lowest BCUT2D eigenvalue weighted by Gasteiger charge is -2.23. The number of hydrogen-bond acceptors (Lipinski definition) is 3. The van der Waals surface area contributed by atoms with Gasteiger partial charge in [0.2, 0.25) is 0 Å². The van der Waals surface area contributed by atoms with Gasteiger partial charge in [0.15, 0.2) is 0 Å². The third kappa shape index (κ3) is 2.18. The number of benzene rings is 2. The standard InChI is InChI=1S/C16H15ClO3/c17-10-5-6-16-12(7-10)14(9-19)13(8-18)11-3-1-2-4-15(11)20-16/h1-7,13-14,18-19H,8-9H2/t13-,14-/m1/s1. The average molecular weight is 291 g/mol. The highest BCUT2D eigenvalue weighted by Crippen LogP contribution is 2.46. The van der Waals surface area contributed by atoms with Gasteiger partial charge in [-0.3, -0.25) is 0 Å². The van der Waals surface area contributed by atoms with E-state index in [1.165, 1.54) is 0 Å². The second-order valence-corrected chi connectivity index (χ2v) is 5.34. The van der Waals surface area contributed by atoms with E-state index in [2.05, 4.69) is 0 Å². The number of aliphatic hydroxyl groups is 2. The summed E-state index contributed by atoms with van der Waals surface area (Å²) >= 11 is 6.05. The molecule has 0 aromatic heterocycles. The molecule has 0 bridgehead atoms. The predicted molar refractivity (Wildman–Crippen MR) is 77.6 cm³/mol. The summed E-state index contributed by atoms with van der Waals surface area (Å²) in [5.74, 6) is 0.941. The van der Waals surface area contributed by atoms with Crippen molar-refractivity contribution in [2.24, 2.45) is 0 Å². The van der Waals surface area contributed by atoms with Gasteiger partial charge >= 0.3 is 0 Å². The topological polar surface area (TPSA) is 49.7 Å². The van der Waals surface area contributed by atoms with Crippen LogP contribution in [0.2, 0.25) is 5.02 Å². The zero-order valence-electron chi connectivity index (χ0n) is 10.8. The molecule has 1 heterocycles. The first kappa shape index (κ1) is 13.4. The molecule has 2 aromatic rings. The Hall–Kier alpha value is -1.55. The minimum Gasteiger partial charge on any atom is -0.457 e. The second-order valence-electron chi connectivity index (χ2n) is 4.90. The normalized spacial score (nSPS) is 20.6. The summed E-state index contributed by atoms with van der Waals surface area (Å²) in [6, 6.07) is 13.0. The van der Waals surface area contributed by atoms with Crippen molar-refractivity contribution in [3.63, 3.8) is 0 Å². The average Bonchev–Trinajstić information content (AvgIpc) is 2.60. The maximum atomic E-state index is 9.77. The van der Waals surface area contributed by atoms with Gasteiger partial charge in [-0.15, -0.1) is 0 Å². The monoisotopic (exact) mass is 290 g/mol. The molecule has 3 nitrogen and oxygen atoms in total. The van der Waals surface area contributed by atoms with Crippen LogP contribution in [0.1, 0.15) is 23.0 Å². The molecule has 104 valence electrons. The Morgan fingerprint density at radius 2 is 1.55 bits per heavy atom. The molecular formula is C16H15ClO3. The van der Waals surface area contributed by atoms with Crippen LogP contribution < -0.4 is 4.74 Å². The number of aliphatic hydroxyl groups excluding tert-OH is 2. The quantitative estimate of drug-likeness (QED) is 0.892. The summed E-state index contributed by atoms with van der Waals surface area (Å²) in [5.41, 5.74) is 1.73. The van der Waals surface area contributed by atoms with Crippen LogP contribution >= 0.6 is 11.6 Å². The van der Waals surface area contributed by atoms with Crippen LogP contribution in [-0.4, -0.2) is 23.4 Å². The van der Waals surface area contributed by atoms with Gasteiger partial charge in [-0.1, -0.05) is 29.8 Å². The van der Waals surface area contributed by atoms with Crippen LogP contribution in [-0.2, 0) is 0 Å². The first-order valence-corrected chi connectivity index (χ1v) is 6.90. The van der Waals surface area contributed by atoms with Crippen molar-refractivity contribution in [3.8, 4) is 11.5 Å². The van der Waals surface area contributed by atoms with Gasteiger partial charge in [-0.2, -0.15) is 0 Å². The molecule has 2 N–H and O–H groups in total. The fourth-order valence-electron chi connectivity index (χ4n) is 2.78. The molecule has 0 fully saturated rings. The Bertz CT molecular complexity index is 627. The molecular weight excluding hydrogens is 276 g/mol. The van der Waals surface area contributed by atoms with Gasteiger partial charge in [0.05, 0.1) is 13.2 Å². The van der Waals surface area contributed by atoms with E-state index in [1.54, 1.807) is 18.2 Å². The second kappa shape index (κ2) is 5.44. The molecule has 0 aliphatic carbocycles. The Morgan fingerprint density at radius 1 is 0.900 bits per heavy atom. The van der Waals surface area contributed by atoms with E-state index in [0.717, 1.165) is 11.1 Å². The van der Waals surface area contributed by atoms with Crippen LogP contribution in [0.3, 0.4) is 0 Å². The molecule has 3 rings (SSSR count). The lowest BCUT2D eigenvalue weighted by Crippen LogP contribution is -2.17. The van der Waals surface area contributed by atoms with Crippen LogP contribution in [0.15, 0.2) is 42.5 Å². The van der Waals surface area contributed by atoms with Gasteiger partial charge in [-0.25, -0.2) is 0 Å². The van der Waals surface area contributed by atoms with Crippen LogP contribution in [0.5, 0.6) is 11.5 Å². The minimum absolute atomic E-state index is 0.0580. The molecule has 0 unspecified atom stereocenters. The third-order valence-electron chi connectivity index (χ3n) is 3.79. The Balaban J connectivity index is 2.21. The summed E-state index contributed by atoms with van der Waals surface area (Å²) in [6.45, 7) is -0.131. The van der Waals surface area contributed by atoms with Crippen molar-refractivity contribution in [3.05, 3.63) is 58.6 Å². The highest BCUT2D eigenvalue weighted by molar-refractivity contribution is 6.30. The maximum absolute atomic E-state index is 9.77. The fraction of sp³-hybridized carbons (Fsp3) is 0.250. The highest BCUT2D eigenvalue weighted by atomic mass is 35.5. The lowest BCUT2D eigenvalue weighted by molar-refractivity contribution is 0.197. The Kier molecular flexibility index (Phi) is 3.66. The molecule has 0 radical (unpaired) electrons. The molecule has 1 aliphatic rings. The zero-order valence-corrected chi connectivity index (χ0v) is 11.5. The number of hydrogen-bond donors (Lipinski definition) is 2. The van der Waals surface area contributed by atoms with Gasteiger partial charge < -0.3 is 14.9 Å². The van der Waals surface area contributed by atoms with Crippen molar-refractivity contribution >= 4 is 11.6 Å². The summed E-state index contributed by atoms with van der Waals surface area (Å²) < 4.78 is 5.94. The fourth-order valence-corrected chi connectivity index (χ4v) is 2.97. The minimum atomic E-state index is -0.239. The molecule has 2 atom stereocenters. The molecule has 0 saturated heterocycles. The lowest BCUT2D eigenvalue weighted by atomic mass is 9.82. The molecule has 1 aliphatic heterocycles. The number of ether oxygens (including phenoxy) is 1. The molecule has 0 amide bonds. The van der Waals surface area contributed by atoms with E-state index in [4.69, 9.17) is 16.3 Å². The van der Waals surface area contributed by atoms with Crippen LogP contribution in [0.4, 0.5) is 0 Å². The number of fused-ring (bicyclic) bond motifs is 2. The van der Waals surface area contributed by atoms with Gasteiger partial charge in [-0.05, 0) is 24.3 Å². The summed E-state index contributed by atoms with van der Waals surface area (Å²) in [5, 5.41) is 20.1. The van der Waals surface area contributed by atoms with E-state index >= 15 is 0 Å². The molecule has 4 heteroatoms. The third-order valence-corrected chi connectivity index (χ3v) is 4.02. The largest absolute Gasteiger partial charge is 0.457 e. The van der Waals surface area contributed by atoms with E-state index < -0.39 is 0 Å². The Morgan fingerprint density at radius 3 is 2.30 bits per heavy atom. The summed E-state index contributed by atoms with van der Waals surface area (Å²) in [4.78, 5) is 0. The van der Waals surface area contributed by atoms with E-state index in [0.29, 0.717) is 16.5 Å².